The summed E-state index contributed by atoms with van der Waals surface area (Å²) in [5.74, 6) is -0.228. The first-order valence-corrected chi connectivity index (χ1v) is 6.07. The first-order chi connectivity index (χ1) is 9.35. The highest BCUT2D eigenvalue weighted by atomic mass is 35.5. The molecule has 114 valence electrons. The number of benzene rings is 2. The van der Waals surface area contributed by atoms with E-state index in [4.69, 9.17) is 5.73 Å². The lowest BCUT2D eigenvalue weighted by Crippen LogP contribution is -2.16. The minimum absolute atomic E-state index is 0. The molecule has 6 heteroatoms. The van der Waals surface area contributed by atoms with Crippen LogP contribution in [0.3, 0.4) is 0 Å². The number of hydrogen-bond acceptors (Lipinski definition) is 2. The van der Waals surface area contributed by atoms with Crippen molar-refractivity contribution in [1.82, 2.24) is 0 Å². The molecule has 0 radical (unpaired) electrons. The van der Waals surface area contributed by atoms with Crippen molar-refractivity contribution in [1.29, 1.82) is 0 Å². The van der Waals surface area contributed by atoms with Crippen LogP contribution >= 0.6 is 12.4 Å². The Morgan fingerprint density at radius 3 is 1.71 bits per heavy atom. The molecule has 0 aliphatic rings. The fraction of sp³-hybridized carbons (Fsp3) is 0.200. The Balaban J connectivity index is 0.00000220. The SMILES string of the molecule is C[C@H](N)c1ccc(-c2ccc(OC(F)(F)F)cc2)cc1.Cl. The van der Waals surface area contributed by atoms with Gasteiger partial charge in [0.1, 0.15) is 5.75 Å². The van der Waals surface area contributed by atoms with Gasteiger partial charge in [0.25, 0.3) is 0 Å². The van der Waals surface area contributed by atoms with Crippen LogP contribution in [0.5, 0.6) is 5.75 Å². The third-order valence-corrected chi connectivity index (χ3v) is 2.86. The fourth-order valence-electron chi connectivity index (χ4n) is 1.83. The van der Waals surface area contributed by atoms with Crippen molar-refractivity contribution < 1.29 is 17.9 Å². The van der Waals surface area contributed by atoms with E-state index in [2.05, 4.69) is 4.74 Å². The lowest BCUT2D eigenvalue weighted by atomic mass is 10.0. The van der Waals surface area contributed by atoms with E-state index in [0.29, 0.717) is 0 Å². The maximum Gasteiger partial charge on any atom is 0.573 e. The minimum Gasteiger partial charge on any atom is -0.406 e. The van der Waals surface area contributed by atoms with Gasteiger partial charge in [0, 0.05) is 6.04 Å². The monoisotopic (exact) mass is 317 g/mol. The van der Waals surface area contributed by atoms with E-state index < -0.39 is 6.36 Å². The number of ether oxygens (including phenoxy) is 1. The summed E-state index contributed by atoms with van der Waals surface area (Å²) < 4.78 is 40.0. The van der Waals surface area contributed by atoms with Crippen LogP contribution in [-0.2, 0) is 0 Å². The highest BCUT2D eigenvalue weighted by Crippen LogP contribution is 2.27. The quantitative estimate of drug-likeness (QED) is 0.891. The van der Waals surface area contributed by atoms with Gasteiger partial charge in [0.2, 0.25) is 0 Å². The van der Waals surface area contributed by atoms with Gasteiger partial charge in [-0.3, -0.25) is 0 Å². The van der Waals surface area contributed by atoms with Crippen molar-refractivity contribution in [3.8, 4) is 16.9 Å². The van der Waals surface area contributed by atoms with Gasteiger partial charge in [-0.2, -0.15) is 0 Å². The molecule has 2 N–H and O–H groups in total. The number of halogens is 4. The smallest absolute Gasteiger partial charge is 0.406 e. The fourth-order valence-corrected chi connectivity index (χ4v) is 1.83. The van der Waals surface area contributed by atoms with Crippen LogP contribution in [0.4, 0.5) is 13.2 Å². The summed E-state index contributed by atoms with van der Waals surface area (Å²) in [6.07, 6.45) is -4.67. The molecule has 1 atom stereocenters. The van der Waals surface area contributed by atoms with Crippen molar-refractivity contribution in [2.75, 3.05) is 0 Å². The second-order valence-electron chi connectivity index (χ2n) is 4.48. The molecule has 2 rings (SSSR count). The second kappa shape index (κ2) is 6.83. The van der Waals surface area contributed by atoms with Crippen molar-refractivity contribution in [3.63, 3.8) is 0 Å². The van der Waals surface area contributed by atoms with Crippen molar-refractivity contribution in [2.45, 2.75) is 19.3 Å². The Hall–Kier alpha value is -1.72. The van der Waals surface area contributed by atoms with Crippen molar-refractivity contribution >= 4 is 12.4 Å². The van der Waals surface area contributed by atoms with Gasteiger partial charge in [-0.05, 0) is 35.7 Å². The highest BCUT2D eigenvalue weighted by molar-refractivity contribution is 5.85. The van der Waals surface area contributed by atoms with Crippen LogP contribution < -0.4 is 10.5 Å². The van der Waals surface area contributed by atoms with E-state index in [1.165, 1.54) is 12.1 Å². The summed E-state index contributed by atoms with van der Waals surface area (Å²) >= 11 is 0. The molecular weight excluding hydrogens is 303 g/mol. The Bertz CT molecular complexity index is 565. The molecule has 2 aromatic carbocycles. The van der Waals surface area contributed by atoms with Crippen LogP contribution in [0.1, 0.15) is 18.5 Å². The van der Waals surface area contributed by atoms with Crippen molar-refractivity contribution in [2.24, 2.45) is 5.73 Å². The molecule has 0 aliphatic heterocycles. The topological polar surface area (TPSA) is 35.2 Å². The molecule has 2 aromatic rings. The van der Waals surface area contributed by atoms with Crippen LogP contribution in [0.15, 0.2) is 48.5 Å². The lowest BCUT2D eigenvalue weighted by molar-refractivity contribution is -0.274. The average molecular weight is 318 g/mol. The summed E-state index contributed by atoms with van der Waals surface area (Å²) in [5.41, 5.74) is 8.49. The zero-order valence-corrected chi connectivity index (χ0v) is 12.0. The van der Waals surface area contributed by atoms with Crippen LogP contribution in [0.25, 0.3) is 11.1 Å². The summed E-state index contributed by atoms with van der Waals surface area (Å²) in [6.45, 7) is 1.89. The summed E-state index contributed by atoms with van der Waals surface area (Å²) in [6, 6.07) is 13.3. The summed E-state index contributed by atoms with van der Waals surface area (Å²) in [5, 5.41) is 0. The van der Waals surface area contributed by atoms with E-state index in [0.717, 1.165) is 16.7 Å². The van der Waals surface area contributed by atoms with Crippen molar-refractivity contribution in [3.05, 3.63) is 54.1 Å². The first-order valence-electron chi connectivity index (χ1n) is 6.07. The van der Waals surface area contributed by atoms with Gasteiger partial charge < -0.3 is 10.5 Å². The molecule has 2 nitrogen and oxygen atoms in total. The van der Waals surface area contributed by atoms with E-state index in [9.17, 15) is 13.2 Å². The zero-order chi connectivity index (χ0) is 14.8. The molecule has 21 heavy (non-hydrogen) atoms. The maximum atomic E-state index is 12.1. The third-order valence-electron chi connectivity index (χ3n) is 2.86. The summed E-state index contributed by atoms with van der Waals surface area (Å²) in [4.78, 5) is 0. The van der Waals surface area contributed by atoms with E-state index in [1.54, 1.807) is 12.1 Å². The lowest BCUT2D eigenvalue weighted by Gasteiger charge is -2.10. The first kappa shape index (κ1) is 17.3. The molecule has 0 amide bonds. The molecule has 0 fully saturated rings. The summed E-state index contributed by atoms with van der Waals surface area (Å²) in [7, 11) is 0. The minimum atomic E-state index is -4.67. The Labute approximate surface area is 127 Å². The second-order valence-corrected chi connectivity index (χ2v) is 4.48. The van der Waals surface area contributed by atoms with Gasteiger partial charge in [-0.1, -0.05) is 36.4 Å². The zero-order valence-electron chi connectivity index (χ0n) is 11.2. The van der Waals surface area contributed by atoms with Gasteiger partial charge in [0.05, 0.1) is 0 Å². The molecule has 0 saturated heterocycles. The number of rotatable bonds is 3. The Kier molecular flexibility index (Phi) is 5.63. The molecule has 0 heterocycles. The number of hydrogen-bond donors (Lipinski definition) is 1. The van der Waals surface area contributed by atoms with E-state index in [-0.39, 0.29) is 24.2 Å². The normalized spacial score (nSPS) is 12.4. The van der Waals surface area contributed by atoms with Gasteiger partial charge >= 0.3 is 6.36 Å². The molecule has 0 saturated carbocycles. The van der Waals surface area contributed by atoms with Crippen LogP contribution in [0.2, 0.25) is 0 Å². The predicted molar refractivity (Wildman–Crippen MR) is 78.4 cm³/mol. The van der Waals surface area contributed by atoms with Gasteiger partial charge in [-0.25, -0.2) is 0 Å². The molecular formula is C15H15ClF3NO. The van der Waals surface area contributed by atoms with Crippen LogP contribution in [0, 0.1) is 0 Å². The Morgan fingerprint density at radius 2 is 1.33 bits per heavy atom. The number of alkyl halides is 3. The largest absolute Gasteiger partial charge is 0.573 e. The number of nitrogens with two attached hydrogens (primary N) is 1. The van der Waals surface area contributed by atoms with Crippen LogP contribution in [-0.4, -0.2) is 6.36 Å². The molecule has 0 aromatic heterocycles. The highest BCUT2D eigenvalue weighted by Gasteiger charge is 2.30. The maximum absolute atomic E-state index is 12.1. The predicted octanol–water partition coefficient (Wildman–Crippen LogP) is 4.69. The molecule has 0 aliphatic carbocycles. The van der Waals surface area contributed by atoms with Gasteiger partial charge in [0.15, 0.2) is 0 Å². The standard InChI is InChI=1S/C15H14F3NO.ClH/c1-10(19)11-2-4-12(5-3-11)13-6-8-14(9-7-13)20-15(16,17)18;/h2-10H,19H2,1H3;1H/t10-;/m0./s1. The third kappa shape index (κ3) is 4.95. The molecule has 0 spiro atoms. The molecule has 0 unspecified atom stereocenters. The Morgan fingerprint density at radius 1 is 0.905 bits per heavy atom. The van der Waals surface area contributed by atoms with E-state index >= 15 is 0 Å². The van der Waals surface area contributed by atoms with E-state index in [1.807, 2.05) is 31.2 Å². The molecule has 0 bridgehead atoms. The average Bonchev–Trinajstić information content (AvgIpc) is 2.38. The van der Waals surface area contributed by atoms with Gasteiger partial charge in [-0.15, -0.1) is 25.6 Å².